The molecule has 0 saturated heterocycles. The van der Waals surface area contributed by atoms with Crippen molar-refractivity contribution in [2.24, 2.45) is 0 Å². The smallest absolute Gasteiger partial charge is 0.229 e. The van der Waals surface area contributed by atoms with Gasteiger partial charge in [-0.05, 0) is 13.8 Å². The average molecular weight is 156 g/mol. The summed E-state index contributed by atoms with van der Waals surface area (Å²) in [7, 11) is -3.26. The molecule has 0 aromatic heterocycles. The molecule has 0 aliphatic heterocycles. The van der Waals surface area contributed by atoms with Gasteiger partial charge in [-0.1, -0.05) is 0 Å². The van der Waals surface area contributed by atoms with E-state index in [2.05, 4.69) is 0 Å². The molecule has 0 aromatic carbocycles. The Kier molecular flexibility index (Phi) is 2.79. The highest BCUT2D eigenvalue weighted by molar-refractivity contribution is 8.69. The van der Waals surface area contributed by atoms with Crippen molar-refractivity contribution in [2.75, 3.05) is 0 Å². The van der Waals surface area contributed by atoms with Gasteiger partial charge in [-0.15, -0.1) is 0 Å². The van der Waals surface area contributed by atoms with Crippen molar-refractivity contribution in [1.82, 2.24) is 0 Å². The molecule has 0 radical (unpaired) electrons. The summed E-state index contributed by atoms with van der Waals surface area (Å²) < 4.78 is 28.9. The van der Waals surface area contributed by atoms with Gasteiger partial charge in [0.25, 0.3) is 0 Å². The van der Waals surface area contributed by atoms with Gasteiger partial charge in [-0.25, -0.2) is 8.42 Å². The van der Waals surface area contributed by atoms with E-state index in [4.69, 9.17) is 4.55 Å². The first-order valence-electron chi connectivity index (χ1n) is 2.07. The van der Waals surface area contributed by atoms with E-state index in [1.807, 2.05) is 0 Å². The van der Waals surface area contributed by atoms with Gasteiger partial charge in [0.2, 0.25) is 8.87 Å². The molecule has 0 saturated carbocycles. The molecule has 3 nitrogen and oxygen atoms in total. The Balaban J connectivity index is 4.17. The second kappa shape index (κ2) is 2.70. The van der Waals surface area contributed by atoms with E-state index in [0.29, 0.717) is 0 Å². The van der Waals surface area contributed by atoms with Gasteiger partial charge in [0.15, 0.2) is 0 Å². The SMILES string of the molecule is CC(C)S(=O)(=O)SO. The molecule has 5 heteroatoms. The Hall–Kier alpha value is 0.260. The molecule has 0 atom stereocenters. The lowest BCUT2D eigenvalue weighted by atomic mass is 10.6. The molecular weight excluding hydrogens is 148 g/mol. The van der Waals surface area contributed by atoms with Crippen LogP contribution in [0, 0.1) is 0 Å². The first-order valence-corrected chi connectivity index (χ1v) is 4.91. The molecule has 0 aliphatic carbocycles. The van der Waals surface area contributed by atoms with Crippen LogP contribution >= 0.6 is 11.1 Å². The van der Waals surface area contributed by atoms with E-state index in [1.165, 1.54) is 13.8 Å². The molecular formula is C3H8O3S2. The third kappa shape index (κ3) is 2.02. The highest BCUT2D eigenvalue weighted by Gasteiger charge is 2.14. The second-order valence-electron chi connectivity index (χ2n) is 1.62. The molecule has 0 fully saturated rings. The summed E-state index contributed by atoms with van der Waals surface area (Å²) in [4.78, 5) is 0. The van der Waals surface area contributed by atoms with Crippen molar-refractivity contribution in [3.8, 4) is 0 Å². The van der Waals surface area contributed by atoms with Gasteiger partial charge in [0.05, 0.1) is 5.25 Å². The number of hydrogen-bond donors (Lipinski definition) is 1. The van der Waals surface area contributed by atoms with Crippen LogP contribution in [0.15, 0.2) is 0 Å². The van der Waals surface area contributed by atoms with Gasteiger partial charge in [-0.3, -0.25) is 0 Å². The zero-order valence-electron chi connectivity index (χ0n) is 4.66. The zero-order chi connectivity index (χ0) is 6.78. The predicted molar refractivity (Wildman–Crippen MR) is 34.3 cm³/mol. The molecule has 1 N–H and O–H groups in total. The molecule has 8 heavy (non-hydrogen) atoms. The molecule has 0 bridgehead atoms. The fraction of sp³-hybridized carbons (Fsp3) is 1.00. The van der Waals surface area contributed by atoms with E-state index >= 15 is 0 Å². The standard InChI is InChI=1S/C3H8O3S2/c1-3(2)8(5,6)7-4/h3-4H,1-2H3. The van der Waals surface area contributed by atoms with Gasteiger partial charge < -0.3 is 4.55 Å². The molecule has 50 valence electrons. The first kappa shape index (κ1) is 8.26. The van der Waals surface area contributed by atoms with Gasteiger partial charge in [0, 0.05) is 0 Å². The Bertz CT molecular complexity index is 146. The van der Waals surface area contributed by atoms with Crippen LogP contribution < -0.4 is 0 Å². The Morgan fingerprint density at radius 1 is 1.50 bits per heavy atom. The van der Waals surface area contributed by atoms with E-state index < -0.39 is 14.1 Å². The Labute approximate surface area is 52.6 Å². The van der Waals surface area contributed by atoms with Crippen LogP contribution in [-0.2, 0) is 8.87 Å². The third-order valence-corrected chi connectivity index (χ3v) is 3.82. The fourth-order valence-electron chi connectivity index (χ4n) is 0.0861. The van der Waals surface area contributed by atoms with Crippen LogP contribution in [0.1, 0.15) is 13.8 Å². The lowest BCUT2D eigenvalue weighted by molar-refractivity contribution is 0.595. The minimum absolute atomic E-state index is 0.0926. The molecule has 0 aliphatic rings. The molecule has 0 unspecified atom stereocenters. The zero-order valence-corrected chi connectivity index (χ0v) is 6.29. The first-order chi connectivity index (χ1) is 3.50. The van der Waals surface area contributed by atoms with Gasteiger partial charge >= 0.3 is 0 Å². The lowest BCUT2D eigenvalue weighted by Crippen LogP contribution is -2.07. The summed E-state index contributed by atoms with van der Waals surface area (Å²) in [6, 6.07) is 0. The quantitative estimate of drug-likeness (QED) is 0.477. The third-order valence-electron chi connectivity index (χ3n) is 0.681. The molecule has 0 heterocycles. The summed E-state index contributed by atoms with van der Waals surface area (Å²) in [6.07, 6.45) is 0. The highest BCUT2D eigenvalue weighted by Crippen LogP contribution is 2.12. The largest absolute Gasteiger partial charge is 0.317 e. The second-order valence-corrected chi connectivity index (χ2v) is 5.53. The van der Waals surface area contributed by atoms with Crippen molar-refractivity contribution < 1.29 is 13.0 Å². The minimum Gasteiger partial charge on any atom is -0.317 e. The van der Waals surface area contributed by atoms with E-state index in [1.54, 1.807) is 0 Å². The Morgan fingerprint density at radius 3 is 1.88 bits per heavy atom. The van der Waals surface area contributed by atoms with Crippen LogP contribution in [0.2, 0.25) is 0 Å². The topological polar surface area (TPSA) is 54.4 Å². The van der Waals surface area contributed by atoms with Crippen LogP contribution in [0.5, 0.6) is 0 Å². The molecule has 0 spiro atoms. The van der Waals surface area contributed by atoms with Crippen LogP contribution in [-0.4, -0.2) is 18.2 Å². The summed E-state index contributed by atoms with van der Waals surface area (Å²) in [6.45, 7) is 3.02. The lowest BCUT2D eigenvalue weighted by Gasteiger charge is -1.98. The molecule has 0 rings (SSSR count). The maximum Gasteiger partial charge on any atom is 0.229 e. The summed E-state index contributed by atoms with van der Waals surface area (Å²) in [5.41, 5.74) is 0. The van der Waals surface area contributed by atoms with Crippen molar-refractivity contribution in [1.29, 1.82) is 0 Å². The monoisotopic (exact) mass is 156 g/mol. The van der Waals surface area contributed by atoms with E-state index in [0.717, 1.165) is 0 Å². The van der Waals surface area contributed by atoms with Crippen molar-refractivity contribution >= 4 is 19.9 Å². The van der Waals surface area contributed by atoms with E-state index in [9.17, 15) is 8.42 Å². The van der Waals surface area contributed by atoms with Crippen LogP contribution in [0.25, 0.3) is 0 Å². The predicted octanol–water partition coefficient (Wildman–Crippen LogP) is 0.931. The molecule has 0 aromatic rings. The van der Waals surface area contributed by atoms with Crippen molar-refractivity contribution in [3.63, 3.8) is 0 Å². The maximum absolute atomic E-state index is 10.4. The number of rotatable bonds is 2. The summed E-state index contributed by atoms with van der Waals surface area (Å²) >= 11 is -0.0926. The van der Waals surface area contributed by atoms with Crippen molar-refractivity contribution in [2.45, 2.75) is 19.1 Å². The molecule has 0 amide bonds. The Morgan fingerprint density at radius 2 is 1.88 bits per heavy atom. The summed E-state index contributed by atoms with van der Waals surface area (Å²) in [5.74, 6) is 0. The number of hydrogen-bond acceptors (Lipinski definition) is 4. The average Bonchev–Trinajstić information content (AvgIpc) is 1.67. The normalized spacial score (nSPS) is 12.5. The van der Waals surface area contributed by atoms with Gasteiger partial charge in [-0.2, -0.15) is 0 Å². The highest BCUT2D eigenvalue weighted by atomic mass is 33.1. The van der Waals surface area contributed by atoms with Gasteiger partial charge in [0.1, 0.15) is 11.1 Å². The minimum atomic E-state index is -3.26. The van der Waals surface area contributed by atoms with Crippen LogP contribution in [0.4, 0.5) is 0 Å². The maximum atomic E-state index is 10.4. The van der Waals surface area contributed by atoms with Crippen molar-refractivity contribution in [3.05, 3.63) is 0 Å². The van der Waals surface area contributed by atoms with E-state index in [-0.39, 0.29) is 11.1 Å². The van der Waals surface area contributed by atoms with Crippen LogP contribution in [0.3, 0.4) is 0 Å². The fourth-order valence-corrected chi connectivity index (χ4v) is 0.775. The summed E-state index contributed by atoms with van der Waals surface area (Å²) in [5, 5.41) is -0.502.